The largest absolute Gasteiger partial charge is 0.493 e. The van der Waals surface area contributed by atoms with Crippen molar-refractivity contribution >= 4 is 17.1 Å². The summed E-state index contributed by atoms with van der Waals surface area (Å²) in [5.41, 5.74) is 1.28. The average Bonchev–Trinajstić information content (AvgIpc) is 3.13. The van der Waals surface area contributed by atoms with Crippen LogP contribution < -0.4 is 26.0 Å². The van der Waals surface area contributed by atoms with E-state index in [2.05, 4.69) is 17.2 Å². The summed E-state index contributed by atoms with van der Waals surface area (Å²) in [5.74, 6) is 1.92. The van der Waals surface area contributed by atoms with E-state index in [-0.39, 0.29) is 11.2 Å². The van der Waals surface area contributed by atoms with Crippen LogP contribution in [0.15, 0.2) is 27.8 Å². The van der Waals surface area contributed by atoms with E-state index in [0.717, 1.165) is 37.7 Å². The first-order valence-corrected chi connectivity index (χ1v) is 11.0. The Balaban J connectivity index is 1.80. The normalized spacial score (nSPS) is 11.2. The third kappa shape index (κ3) is 4.66. The van der Waals surface area contributed by atoms with Crippen molar-refractivity contribution in [3.8, 4) is 11.5 Å². The predicted octanol–water partition coefficient (Wildman–Crippen LogP) is 2.69. The second-order valence-corrected chi connectivity index (χ2v) is 7.89. The SMILES string of the molecule is CCCCCCn1c(=O)c2c(nc(NCCc3ccc(OC)c(OC)c3)n2C)n(C)c1=O. The van der Waals surface area contributed by atoms with Gasteiger partial charge in [-0.2, -0.15) is 4.98 Å². The zero-order valence-electron chi connectivity index (χ0n) is 19.6. The number of benzene rings is 1. The van der Waals surface area contributed by atoms with Crippen LogP contribution in [0.1, 0.15) is 38.2 Å². The fraction of sp³-hybridized carbons (Fsp3) is 0.522. The highest BCUT2D eigenvalue weighted by molar-refractivity contribution is 5.74. The third-order valence-corrected chi connectivity index (χ3v) is 5.74. The molecule has 0 fully saturated rings. The summed E-state index contributed by atoms with van der Waals surface area (Å²) in [5, 5.41) is 3.29. The number of nitrogens with one attached hydrogen (secondary N) is 1. The average molecular weight is 444 g/mol. The summed E-state index contributed by atoms with van der Waals surface area (Å²) < 4.78 is 15.1. The van der Waals surface area contributed by atoms with Gasteiger partial charge in [-0.3, -0.25) is 13.9 Å². The maximum atomic E-state index is 13.1. The lowest BCUT2D eigenvalue weighted by atomic mass is 10.1. The fourth-order valence-electron chi connectivity index (χ4n) is 3.85. The number of hydrogen-bond acceptors (Lipinski definition) is 6. The molecule has 3 rings (SSSR count). The number of imidazole rings is 1. The monoisotopic (exact) mass is 443 g/mol. The maximum absolute atomic E-state index is 13.1. The molecule has 0 bridgehead atoms. The van der Waals surface area contributed by atoms with Crippen molar-refractivity contribution in [2.45, 2.75) is 45.6 Å². The van der Waals surface area contributed by atoms with Crippen LogP contribution in [0.5, 0.6) is 11.5 Å². The van der Waals surface area contributed by atoms with Crippen LogP contribution in [0.4, 0.5) is 5.95 Å². The summed E-state index contributed by atoms with van der Waals surface area (Å²) >= 11 is 0. The molecule has 2 aromatic heterocycles. The van der Waals surface area contributed by atoms with Gasteiger partial charge in [-0.05, 0) is 30.5 Å². The molecule has 0 aliphatic heterocycles. The zero-order chi connectivity index (χ0) is 23.3. The van der Waals surface area contributed by atoms with Gasteiger partial charge in [0.25, 0.3) is 5.56 Å². The van der Waals surface area contributed by atoms with E-state index in [4.69, 9.17) is 9.47 Å². The van der Waals surface area contributed by atoms with Crippen molar-refractivity contribution in [1.29, 1.82) is 0 Å². The first-order valence-electron chi connectivity index (χ1n) is 11.0. The van der Waals surface area contributed by atoms with Gasteiger partial charge < -0.3 is 19.4 Å². The van der Waals surface area contributed by atoms with E-state index in [1.54, 1.807) is 32.9 Å². The number of rotatable bonds is 11. The molecule has 9 nitrogen and oxygen atoms in total. The Labute approximate surface area is 187 Å². The summed E-state index contributed by atoms with van der Waals surface area (Å²) in [7, 11) is 6.67. The minimum atomic E-state index is -0.325. The van der Waals surface area contributed by atoms with Crippen LogP contribution in [0.25, 0.3) is 11.2 Å². The molecule has 32 heavy (non-hydrogen) atoms. The van der Waals surface area contributed by atoms with Crippen LogP contribution in [-0.4, -0.2) is 39.4 Å². The Morgan fingerprint density at radius 1 is 1.00 bits per heavy atom. The van der Waals surface area contributed by atoms with Gasteiger partial charge in [-0.1, -0.05) is 32.3 Å². The standard InChI is InChI=1S/C23H33N5O4/c1-6-7-8-9-14-28-21(29)19-20(27(3)23(28)30)25-22(26(19)2)24-13-12-16-10-11-17(31-4)18(15-16)32-5/h10-11,15H,6-9,12-14H2,1-5H3,(H,24,25). The summed E-state index contributed by atoms with van der Waals surface area (Å²) in [6, 6.07) is 5.80. The van der Waals surface area contributed by atoms with E-state index >= 15 is 0 Å². The Kier molecular flexibility index (Phi) is 7.61. The maximum Gasteiger partial charge on any atom is 0.332 e. The highest BCUT2D eigenvalue weighted by Crippen LogP contribution is 2.27. The van der Waals surface area contributed by atoms with Gasteiger partial charge in [0, 0.05) is 27.2 Å². The molecular weight excluding hydrogens is 410 g/mol. The number of aromatic nitrogens is 4. The lowest BCUT2D eigenvalue weighted by Crippen LogP contribution is -2.39. The number of hydrogen-bond donors (Lipinski definition) is 1. The molecule has 1 aromatic carbocycles. The molecular formula is C23H33N5O4. The van der Waals surface area contributed by atoms with Gasteiger partial charge in [0.2, 0.25) is 5.95 Å². The first kappa shape index (κ1) is 23.4. The molecule has 0 saturated carbocycles. The number of methoxy groups -OCH3 is 2. The Hall–Kier alpha value is -3.23. The molecule has 1 N–H and O–H groups in total. The Morgan fingerprint density at radius 3 is 2.44 bits per heavy atom. The summed E-state index contributed by atoms with van der Waals surface area (Å²) in [6.07, 6.45) is 4.73. The molecule has 174 valence electrons. The van der Waals surface area contributed by atoms with Crippen molar-refractivity contribution in [1.82, 2.24) is 18.7 Å². The molecule has 0 saturated heterocycles. The van der Waals surface area contributed by atoms with E-state index < -0.39 is 0 Å². The Bertz CT molecular complexity index is 1190. The number of ether oxygens (including phenoxy) is 2. The fourth-order valence-corrected chi connectivity index (χ4v) is 3.85. The third-order valence-electron chi connectivity index (χ3n) is 5.74. The number of nitrogens with zero attached hydrogens (tertiary/aromatic N) is 4. The van der Waals surface area contributed by atoms with Gasteiger partial charge in [0.15, 0.2) is 22.7 Å². The predicted molar refractivity (Wildman–Crippen MR) is 126 cm³/mol. The lowest BCUT2D eigenvalue weighted by Gasteiger charge is -2.10. The molecule has 2 heterocycles. The summed E-state index contributed by atoms with van der Waals surface area (Å²) in [4.78, 5) is 30.3. The van der Waals surface area contributed by atoms with E-state index in [0.29, 0.717) is 41.7 Å². The van der Waals surface area contributed by atoms with Crippen molar-refractivity contribution in [2.24, 2.45) is 14.1 Å². The highest BCUT2D eigenvalue weighted by Gasteiger charge is 2.18. The number of anilines is 1. The first-order chi connectivity index (χ1) is 15.4. The van der Waals surface area contributed by atoms with Crippen LogP contribution in [0.3, 0.4) is 0 Å². The smallest absolute Gasteiger partial charge is 0.332 e. The topological polar surface area (TPSA) is 92.3 Å². The van der Waals surface area contributed by atoms with Crippen molar-refractivity contribution < 1.29 is 9.47 Å². The van der Waals surface area contributed by atoms with E-state index in [1.807, 2.05) is 18.2 Å². The van der Waals surface area contributed by atoms with Crippen LogP contribution in [0, 0.1) is 0 Å². The van der Waals surface area contributed by atoms with Gasteiger partial charge in [0.1, 0.15) is 0 Å². The molecule has 0 atom stereocenters. The van der Waals surface area contributed by atoms with Gasteiger partial charge in [-0.15, -0.1) is 0 Å². The van der Waals surface area contributed by atoms with Crippen LogP contribution in [0.2, 0.25) is 0 Å². The number of fused-ring (bicyclic) bond motifs is 1. The molecule has 0 spiro atoms. The molecule has 0 unspecified atom stereocenters. The summed E-state index contributed by atoms with van der Waals surface area (Å²) in [6.45, 7) is 3.16. The van der Waals surface area contributed by atoms with Gasteiger partial charge in [-0.25, -0.2) is 4.79 Å². The number of unbranched alkanes of at least 4 members (excludes halogenated alkanes) is 3. The second-order valence-electron chi connectivity index (χ2n) is 7.89. The molecule has 0 amide bonds. The van der Waals surface area contributed by atoms with E-state index in [9.17, 15) is 9.59 Å². The highest BCUT2D eigenvalue weighted by atomic mass is 16.5. The molecule has 3 aromatic rings. The minimum Gasteiger partial charge on any atom is -0.493 e. The van der Waals surface area contributed by atoms with E-state index in [1.165, 1.54) is 9.13 Å². The van der Waals surface area contributed by atoms with Crippen LogP contribution >= 0.6 is 0 Å². The minimum absolute atomic E-state index is 0.289. The molecule has 9 heteroatoms. The van der Waals surface area contributed by atoms with Crippen molar-refractivity contribution in [3.05, 3.63) is 44.6 Å². The van der Waals surface area contributed by atoms with Crippen molar-refractivity contribution in [3.63, 3.8) is 0 Å². The quantitative estimate of drug-likeness (QED) is 0.458. The molecule has 0 aliphatic rings. The lowest BCUT2D eigenvalue weighted by molar-refractivity contribution is 0.354. The van der Waals surface area contributed by atoms with Crippen molar-refractivity contribution in [2.75, 3.05) is 26.1 Å². The molecule has 0 aliphatic carbocycles. The molecule has 0 radical (unpaired) electrons. The van der Waals surface area contributed by atoms with Gasteiger partial charge in [0.05, 0.1) is 14.2 Å². The van der Waals surface area contributed by atoms with Crippen LogP contribution in [-0.2, 0) is 27.1 Å². The van der Waals surface area contributed by atoms with Gasteiger partial charge >= 0.3 is 5.69 Å². The Morgan fingerprint density at radius 2 is 1.75 bits per heavy atom. The number of aryl methyl sites for hydroxylation is 2. The zero-order valence-corrected chi connectivity index (χ0v) is 19.6. The second kappa shape index (κ2) is 10.4.